The maximum absolute atomic E-state index is 10.7. The van der Waals surface area contributed by atoms with Gasteiger partial charge in [0.2, 0.25) is 0 Å². The van der Waals surface area contributed by atoms with E-state index in [0.29, 0.717) is 5.52 Å². The molecule has 0 N–H and O–H groups in total. The molecule has 2 rings (SSSR count). The fourth-order valence-corrected chi connectivity index (χ4v) is 1.40. The van der Waals surface area contributed by atoms with Crippen LogP contribution in [-0.2, 0) is 0 Å². The van der Waals surface area contributed by atoms with E-state index >= 15 is 0 Å². The molecule has 0 saturated carbocycles. The highest BCUT2D eigenvalue weighted by Gasteiger charge is 2.15. The van der Waals surface area contributed by atoms with E-state index in [1.807, 2.05) is 0 Å². The zero-order valence-electron chi connectivity index (χ0n) is 8.01. The third-order valence-electron chi connectivity index (χ3n) is 2.10. The van der Waals surface area contributed by atoms with Crippen molar-refractivity contribution >= 4 is 16.6 Å². The van der Waals surface area contributed by atoms with Gasteiger partial charge >= 0.3 is 5.69 Å². The second-order valence-corrected chi connectivity index (χ2v) is 2.98. The van der Waals surface area contributed by atoms with Crippen molar-refractivity contribution < 1.29 is 9.66 Å². The smallest absolute Gasteiger partial charge is 0.311 e. The summed E-state index contributed by atoms with van der Waals surface area (Å²) in [6.45, 7) is 0. The van der Waals surface area contributed by atoms with Crippen LogP contribution in [0.2, 0.25) is 0 Å². The molecule has 0 fully saturated rings. The largest absolute Gasteiger partial charge is 0.490 e. The van der Waals surface area contributed by atoms with Crippen molar-refractivity contribution in [3.63, 3.8) is 0 Å². The number of hydrogen-bond acceptors (Lipinski definition) is 4. The van der Waals surface area contributed by atoms with Crippen LogP contribution in [0.4, 0.5) is 5.69 Å². The van der Waals surface area contributed by atoms with Gasteiger partial charge in [-0.1, -0.05) is 6.07 Å². The van der Waals surface area contributed by atoms with E-state index in [4.69, 9.17) is 4.74 Å². The lowest BCUT2D eigenvalue weighted by atomic mass is 10.2. The molecular weight excluding hydrogens is 196 g/mol. The standard InChI is InChI=1S/C10H8N2O3/c1-15-10-6-8-7(3-2-4-11-8)5-9(10)12(13)14/h2-6H,1H3. The SMILES string of the molecule is COc1cc2ncccc2cc1[N+](=O)[O-]. The Hall–Kier alpha value is -2.17. The molecule has 15 heavy (non-hydrogen) atoms. The molecule has 76 valence electrons. The summed E-state index contributed by atoms with van der Waals surface area (Å²) in [5.74, 6) is 0.228. The van der Waals surface area contributed by atoms with Gasteiger partial charge in [-0.3, -0.25) is 15.1 Å². The van der Waals surface area contributed by atoms with Crippen molar-refractivity contribution in [2.45, 2.75) is 0 Å². The zero-order chi connectivity index (χ0) is 10.8. The number of pyridine rings is 1. The highest BCUT2D eigenvalue weighted by atomic mass is 16.6. The first kappa shape index (κ1) is 9.39. The van der Waals surface area contributed by atoms with Crippen LogP contribution in [0.5, 0.6) is 5.75 Å². The summed E-state index contributed by atoms with van der Waals surface area (Å²) in [5, 5.41) is 11.5. The summed E-state index contributed by atoms with van der Waals surface area (Å²) in [6.07, 6.45) is 1.63. The molecule has 1 aromatic carbocycles. The Balaban J connectivity index is 2.74. The minimum atomic E-state index is -0.467. The highest BCUT2D eigenvalue weighted by Crippen LogP contribution is 2.30. The number of aromatic nitrogens is 1. The fraction of sp³-hybridized carbons (Fsp3) is 0.100. The van der Waals surface area contributed by atoms with Gasteiger partial charge in [-0.2, -0.15) is 0 Å². The Morgan fingerprint density at radius 2 is 2.27 bits per heavy atom. The van der Waals surface area contributed by atoms with Crippen LogP contribution in [0.3, 0.4) is 0 Å². The maximum Gasteiger partial charge on any atom is 0.311 e. The Morgan fingerprint density at radius 1 is 1.47 bits per heavy atom. The Morgan fingerprint density at radius 3 is 2.93 bits per heavy atom. The molecule has 5 nitrogen and oxygen atoms in total. The quantitative estimate of drug-likeness (QED) is 0.555. The number of benzene rings is 1. The number of ether oxygens (including phenoxy) is 1. The van der Waals surface area contributed by atoms with Crippen molar-refractivity contribution in [2.24, 2.45) is 0 Å². The number of hydrogen-bond donors (Lipinski definition) is 0. The lowest BCUT2D eigenvalue weighted by Crippen LogP contribution is -1.94. The van der Waals surface area contributed by atoms with Gasteiger partial charge in [0, 0.05) is 23.7 Å². The van der Waals surface area contributed by atoms with Crippen LogP contribution in [0, 0.1) is 10.1 Å². The van der Waals surface area contributed by atoms with Crippen LogP contribution in [0.15, 0.2) is 30.5 Å². The predicted octanol–water partition coefficient (Wildman–Crippen LogP) is 2.15. The molecule has 2 aromatic rings. The fourth-order valence-electron chi connectivity index (χ4n) is 1.40. The van der Waals surface area contributed by atoms with Crippen molar-refractivity contribution in [1.29, 1.82) is 0 Å². The second kappa shape index (κ2) is 3.53. The first-order valence-corrected chi connectivity index (χ1v) is 4.29. The van der Waals surface area contributed by atoms with Crippen LogP contribution in [-0.4, -0.2) is 17.0 Å². The minimum absolute atomic E-state index is 0.0435. The first-order chi connectivity index (χ1) is 7.22. The summed E-state index contributed by atoms with van der Waals surface area (Å²) in [5.41, 5.74) is 0.637. The Labute approximate surface area is 85.5 Å². The molecule has 0 unspecified atom stereocenters. The molecule has 5 heteroatoms. The van der Waals surface area contributed by atoms with E-state index < -0.39 is 4.92 Å². The first-order valence-electron chi connectivity index (χ1n) is 4.29. The molecule has 0 radical (unpaired) electrons. The lowest BCUT2D eigenvalue weighted by Gasteiger charge is -2.02. The van der Waals surface area contributed by atoms with Crippen molar-refractivity contribution in [2.75, 3.05) is 7.11 Å². The molecule has 1 heterocycles. The summed E-state index contributed by atoms with van der Waals surface area (Å²) in [6, 6.07) is 6.53. The molecule has 0 amide bonds. The van der Waals surface area contributed by atoms with Gasteiger partial charge in [0.1, 0.15) is 0 Å². The van der Waals surface area contributed by atoms with Gasteiger partial charge in [-0.15, -0.1) is 0 Å². The lowest BCUT2D eigenvalue weighted by molar-refractivity contribution is -0.385. The van der Waals surface area contributed by atoms with E-state index in [-0.39, 0.29) is 11.4 Å². The third-order valence-corrected chi connectivity index (χ3v) is 2.10. The number of methoxy groups -OCH3 is 1. The second-order valence-electron chi connectivity index (χ2n) is 2.98. The molecule has 0 bridgehead atoms. The molecular formula is C10H8N2O3. The Kier molecular flexibility index (Phi) is 2.21. The van der Waals surface area contributed by atoms with E-state index in [1.165, 1.54) is 13.2 Å². The number of rotatable bonds is 2. The molecule has 1 aromatic heterocycles. The molecule has 0 aliphatic heterocycles. The predicted molar refractivity (Wildman–Crippen MR) is 54.9 cm³/mol. The molecule has 0 aliphatic carbocycles. The van der Waals surface area contributed by atoms with Crippen LogP contribution in [0.1, 0.15) is 0 Å². The zero-order valence-corrected chi connectivity index (χ0v) is 8.01. The van der Waals surface area contributed by atoms with Crippen LogP contribution < -0.4 is 4.74 Å². The summed E-state index contributed by atoms with van der Waals surface area (Å²) in [7, 11) is 1.40. The number of nitro benzene ring substituents is 1. The summed E-state index contributed by atoms with van der Waals surface area (Å²) >= 11 is 0. The van der Waals surface area contributed by atoms with Crippen molar-refractivity contribution in [3.05, 3.63) is 40.6 Å². The monoisotopic (exact) mass is 204 g/mol. The van der Waals surface area contributed by atoms with Gasteiger partial charge < -0.3 is 4.74 Å². The van der Waals surface area contributed by atoms with Gasteiger partial charge in [-0.05, 0) is 6.07 Å². The van der Waals surface area contributed by atoms with Gasteiger partial charge in [0.25, 0.3) is 0 Å². The molecule has 0 atom stereocenters. The molecule has 0 spiro atoms. The van der Waals surface area contributed by atoms with Crippen molar-refractivity contribution in [1.82, 2.24) is 4.98 Å². The summed E-state index contributed by atoms with van der Waals surface area (Å²) < 4.78 is 4.93. The number of fused-ring (bicyclic) bond motifs is 1. The topological polar surface area (TPSA) is 65.3 Å². The van der Waals surface area contributed by atoms with Gasteiger partial charge in [0.15, 0.2) is 5.75 Å². The van der Waals surface area contributed by atoms with Gasteiger partial charge in [-0.25, -0.2) is 0 Å². The number of nitro groups is 1. The van der Waals surface area contributed by atoms with E-state index in [0.717, 1.165) is 5.39 Å². The van der Waals surface area contributed by atoms with E-state index in [1.54, 1.807) is 24.4 Å². The average Bonchev–Trinajstić information content (AvgIpc) is 2.27. The van der Waals surface area contributed by atoms with Gasteiger partial charge in [0.05, 0.1) is 17.5 Å². The average molecular weight is 204 g/mol. The third kappa shape index (κ3) is 1.59. The highest BCUT2D eigenvalue weighted by molar-refractivity contribution is 5.83. The van der Waals surface area contributed by atoms with Crippen LogP contribution >= 0.6 is 0 Å². The van der Waals surface area contributed by atoms with Crippen molar-refractivity contribution in [3.8, 4) is 5.75 Å². The molecule has 0 saturated heterocycles. The minimum Gasteiger partial charge on any atom is -0.490 e. The normalized spacial score (nSPS) is 10.2. The van der Waals surface area contributed by atoms with Crippen LogP contribution in [0.25, 0.3) is 10.9 Å². The number of nitrogens with zero attached hydrogens (tertiary/aromatic N) is 2. The van der Waals surface area contributed by atoms with E-state index in [9.17, 15) is 10.1 Å². The Bertz CT molecular complexity index is 525. The maximum atomic E-state index is 10.7. The molecule has 0 aliphatic rings. The summed E-state index contributed by atoms with van der Waals surface area (Å²) in [4.78, 5) is 14.4. The van der Waals surface area contributed by atoms with E-state index in [2.05, 4.69) is 4.98 Å².